The molecule has 0 aliphatic carbocycles. The molecule has 0 unspecified atom stereocenters. The summed E-state index contributed by atoms with van der Waals surface area (Å²) in [6.45, 7) is 12.5. The second kappa shape index (κ2) is 8.50. The summed E-state index contributed by atoms with van der Waals surface area (Å²) in [7, 11) is 3.43. The van der Waals surface area contributed by atoms with Gasteiger partial charge in [0.1, 0.15) is 5.75 Å². The van der Waals surface area contributed by atoms with E-state index in [2.05, 4.69) is 5.32 Å². The third-order valence-electron chi connectivity index (χ3n) is 5.05. The van der Waals surface area contributed by atoms with Crippen molar-refractivity contribution >= 4 is 11.8 Å². The molecule has 0 atom stereocenters. The molecule has 0 aromatic heterocycles. The highest BCUT2D eigenvalue weighted by Gasteiger charge is 2.27. The Balaban J connectivity index is 2.26. The van der Waals surface area contributed by atoms with Crippen LogP contribution in [0, 0.1) is 0 Å². The molecule has 0 aliphatic rings. The van der Waals surface area contributed by atoms with E-state index in [1.807, 2.05) is 53.7 Å². The van der Waals surface area contributed by atoms with Crippen molar-refractivity contribution in [1.82, 2.24) is 10.2 Å². The Hall–Kier alpha value is -2.82. The molecule has 0 spiro atoms. The number of rotatable bonds is 4. The van der Waals surface area contributed by atoms with Crippen molar-refractivity contribution in [3.8, 4) is 5.75 Å². The number of amides is 2. The highest BCUT2D eigenvalue weighted by Crippen LogP contribution is 2.39. The fourth-order valence-corrected chi connectivity index (χ4v) is 3.22. The van der Waals surface area contributed by atoms with Gasteiger partial charge in [-0.3, -0.25) is 9.59 Å². The number of carbonyl (C=O) groups is 2. The van der Waals surface area contributed by atoms with E-state index in [1.54, 1.807) is 38.4 Å². The summed E-state index contributed by atoms with van der Waals surface area (Å²) in [5, 5.41) is 13.8. The van der Waals surface area contributed by atoms with Crippen LogP contribution in [0.5, 0.6) is 5.75 Å². The summed E-state index contributed by atoms with van der Waals surface area (Å²) in [6, 6.07) is 10.8. The fourth-order valence-electron chi connectivity index (χ4n) is 3.22. The maximum Gasteiger partial charge on any atom is 0.253 e. The number of nitrogens with zero attached hydrogens (tertiary/aromatic N) is 1. The van der Waals surface area contributed by atoms with Crippen LogP contribution in [0.2, 0.25) is 0 Å². The summed E-state index contributed by atoms with van der Waals surface area (Å²) in [6.07, 6.45) is 0. The van der Waals surface area contributed by atoms with Gasteiger partial charge in [-0.1, -0.05) is 53.7 Å². The van der Waals surface area contributed by atoms with Gasteiger partial charge in [-0.2, -0.15) is 0 Å². The first kappa shape index (κ1) is 23.5. The Morgan fingerprint density at radius 2 is 1.33 bits per heavy atom. The molecule has 2 aromatic rings. The average Bonchev–Trinajstić information content (AvgIpc) is 2.64. The van der Waals surface area contributed by atoms with E-state index in [0.29, 0.717) is 17.7 Å². The Kier molecular flexibility index (Phi) is 6.65. The Bertz CT molecular complexity index is 895. The van der Waals surface area contributed by atoms with E-state index in [0.717, 1.165) is 16.7 Å². The Morgan fingerprint density at radius 1 is 0.867 bits per heavy atom. The van der Waals surface area contributed by atoms with Crippen LogP contribution in [-0.4, -0.2) is 35.9 Å². The zero-order chi connectivity index (χ0) is 22.9. The van der Waals surface area contributed by atoms with Crippen molar-refractivity contribution in [1.29, 1.82) is 0 Å². The summed E-state index contributed by atoms with van der Waals surface area (Å²) in [5.74, 6) is 0.00578. The lowest BCUT2D eigenvalue weighted by Crippen LogP contribution is -2.25. The van der Waals surface area contributed by atoms with Gasteiger partial charge < -0.3 is 15.3 Å². The number of hydrogen-bond donors (Lipinski definition) is 2. The number of hydrogen-bond acceptors (Lipinski definition) is 3. The number of nitrogens with one attached hydrogen (secondary N) is 1. The standard InChI is InChI=1S/C25H34N2O3/c1-24(2,3)19-13-18(14-20(21(19)28)25(4,5)6)22(29)26-15-16-9-11-17(12-10-16)23(30)27(7)8/h9-14,28H,15H2,1-8H3,(H,26,29). The van der Waals surface area contributed by atoms with Crippen molar-refractivity contribution < 1.29 is 14.7 Å². The normalized spacial score (nSPS) is 11.9. The number of benzene rings is 2. The van der Waals surface area contributed by atoms with Crippen LogP contribution in [0.3, 0.4) is 0 Å². The van der Waals surface area contributed by atoms with Crippen molar-refractivity contribution in [2.75, 3.05) is 14.1 Å². The topological polar surface area (TPSA) is 69.6 Å². The van der Waals surface area contributed by atoms with Crippen LogP contribution in [0.1, 0.15) is 78.9 Å². The molecule has 5 heteroatoms. The predicted molar refractivity (Wildman–Crippen MR) is 121 cm³/mol. The number of carbonyl (C=O) groups excluding carboxylic acids is 2. The average molecular weight is 411 g/mol. The van der Waals surface area contributed by atoms with Gasteiger partial charge in [0.15, 0.2) is 0 Å². The van der Waals surface area contributed by atoms with Gasteiger partial charge in [-0.15, -0.1) is 0 Å². The number of phenolic OH excluding ortho intramolecular Hbond substituents is 1. The van der Waals surface area contributed by atoms with E-state index in [9.17, 15) is 14.7 Å². The van der Waals surface area contributed by atoms with Crippen LogP contribution in [0.15, 0.2) is 36.4 Å². The number of phenols is 1. The summed E-state index contributed by atoms with van der Waals surface area (Å²) in [4.78, 5) is 26.4. The van der Waals surface area contributed by atoms with Gasteiger partial charge in [0.2, 0.25) is 0 Å². The minimum Gasteiger partial charge on any atom is -0.507 e. The predicted octanol–water partition coefficient (Wildman–Crippen LogP) is 4.62. The Morgan fingerprint density at radius 3 is 1.73 bits per heavy atom. The summed E-state index contributed by atoms with van der Waals surface area (Å²) >= 11 is 0. The second-order valence-electron chi connectivity index (χ2n) is 10.00. The minimum atomic E-state index is -0.296. The van der Waals surface area contributed by atoms with Crippen molar-refractivity contribution in [3.63, 3.8) is 0 Å². The molecule has 0 saturated carbocycles. The third kappa shape index (κ3) is 5.41. The molecular formula is C25H34N2O3. The molecule has 30 heavy (non-hydrogen) atoms. The molecule has 0 heterocycles. The van der Waals surface area contributed by atoms with Gasteiger partial charge >= 0.3 is 0 Å². The lowest BCUT2D eigenvalue weighted by molar-refractivity contribution is 0.0827. The maximum atomic E-state index is 12.9. The SMILES string of the molecule is CN(C)C(=O)c1ccc(CNC(=O)c2cc(C(C)(C)C)c(O)c(C(C)(C)C)c2)cc1. The first-order valence-electron chi connectivity index (χ1n) is 10.2. The molecule has 2 rings (SSSR count). The molecule has 5 nitrogen and oxygen atoms in total. The van der Waals surface area contributed by atoms with Gasteiger partial charge in [-0.25, -0.2) is 0 Å². The highest BCUT2D eigenvalue weighted by molar-refractivity contribution is 5.95. The maximum absolute atomic E-state index is 12.9. The van der Waals surface area contributed by atoms with Crippen LogP contribution in [-0.2, 0) is 17.4 Å². The van der Waals surface area contributed by atoms with E-state index in [4.69, 9.17) is 0 Å². The smallest absolute Gasteiger partial charge is 0.253 e. The summed E-state index contributed by atoms with van der Waals surface area (Å²) < 4.78 is 0. The lowest BCUT2D eigenvalue weighted by atomic mass is 9.78. The van der Waals surface area contributed by atoms with E-state index < -0.39 is 0 Å². The second-order valence-corrected chi connectivity index (χ2v) is 10.00. The lowest BCUT2D eigenvalue weighted by Gasteiger charge is -2.28. The van der Waals surface area contributed by atoms with Crippen molar-refractivity contribution in [2.24, 2.45) is 0 Å². The molecule has 0 radical (unpaired) electrons. The molecule has 162 valence electrons. The van der Waals surface area contributed by atoms with E-state index >= 15 is 0 Å². The largest absolute Gasteiger partial charge is 0.507 e. The van der Waals surface area contributed by atoms with Gasteiger partial charge in [-0.05, 0) is 40.7 Å². The van der Waals surface area contributed by atoms with E-state index in [1.165, 1.54) is 4.90 Å². The van der Waals surface area contributed by atoms with E-state index in [-0.39, 0.29) is 28.4 Å². The quantitative estimate of drug-likeness (QED) is 0.773. The summed E-state index contributed by atoms with van der Waals surface area (Å²) in [5.41, 5.74) is 2.97. The van der Waals surface area contributed by atoms with Crippen LogP contribution in [0.25, 0.3) is 0 Å². The number of aromatic hydroxyl groups is 1. The molecule has 0 fully saturated rings. The minimum absolute atomic E-state index is 0.0564. The molecule has 2 amide bonds. The fraction of sp³-hybridized carbons (Fsp3) is 0.440. The highest BCUT2D eigenvalue weighted by atomic mass is 16.3. The van der Waals surface area contributed by atoms with Crippen LogP contribution >= 0.6 is 0 Å². The van der Waals surface area contributed by atoms with Gasteiger partial charge in [0.05, 0.1) is 0 Å². The van der Waals surface area contributed by atoms with Gasteiger partial charge in [0.25, 0.3) is 11.8 Å². The molecular weight excluding hydrogens is 376 g/mol. The molecule has 0 aliphatic heterocycles. The zero-order valence-corrected chi connectivity index (χ0v) is 19.4. The molecule has 2 N–H and O–H groups in total. The van der Waals surface area contributed by atoms with Crippen molar-refractivity contribution in [3.05, 3.63) is 64.2 Å². The first-order chi connectivity index (χ1) is 13.7. The molecule has 2 aromatic carbocycles. The first-order valence-corrected chi connectivity index (χ1v) is 10.2. The monoisotopic (exact) mass is 410 g/mol. The van der Waals surface area contributed by atoms with Crippen LogP contribution < -0.4 is 5.32 Å². The molecule has 0 saturated heterocycles. The zero-order valence-electron chi connectivity index (χ0n) is 19.4. The van der Waals surface area contributed by atoms with Crippen LogP contribution in [0.4, 0.5) is 0 Å². The molecule has 0 bridgehead atoms. The third-order valence-corrected chi connectivity index (χ3v) is 5.05. The Labute approximate surface area is 180 Å². The van der Waals surface area contributed by atoms with Gasteiger partial charge in [0, 0.05) is 42.9 Å². The van der Waals surface area contributed by atoms with Crippen molar-refractivity contribution in [2.45, 2.75) is 58.9 Å².